The summed E-state index contributed by atoms with van der Waals surface area (Å²) in [6.07, 6.45) is 0.227. The molecule has 0 spiro atoms. The molecule has 3 N–H and O–H groups in total. The standard InChI is InChI=1S/C19H23BrN5O7P/c1-13-16-17(24-18(21)23-13)25(10-22-16)6-7-29-12-33(27,32-11-30-19(26)28-2)31-9-14-4-3-5-15(20)8-14/h3-5,8,10H,1,6-7,9,11-12H2,2H3,(H3,21,23,24). The van der Waals surface area contributed by atoms with Crippen LogP contribution in [0.5, 0.6) is 0 Å². The van der Waals surface area contributed by atoms with Gasteiger partial charge in [-0.05, 0) is 17.7 Å². The normalized spacial score (nSPS) is 14.6. The Morgan fingerprint density at radius 3 is 2.94 bits per heavy atom. The van der Waals surface area contributed by atoms with E-state index in [1.54, 1.807) is 17.0 Å². The van der Waals surface area contributed by atoms with Crippen LogP contribution in [0.3, 0.4) is 0 Å². The number of carbonyl (C=O) groups is 1. The van der Waals surface area contributed by atoms with Gasteiger partial charge < -0.3 is 34.4 Å². The number of ether oxygens (including phenoxy) is 3. The van der Waals surface area contributed by atoms with Crippen molar-refractivity contribution in [2.45, 2.75) is 13.2 Å². The molecule has 2 heterocycles. The number of imidazole rings is 1. The van der Waals surface area contributed by atoms with Crippen LogP contribution in [0.25, 0.3) is 5.70 Å². The molecule has 12 nitrogen and oxygen atoms in total. The average Bonchev–Trinajstić information content (AvgIpc) is 3.18. The first-order chi connectivity index (χ1) is 15.8. The molecule has 178 valence electrons. The molecule has 0 radical (unpaired) electrons. The predicted molar refractivity (Wildman–Crippen MR) is 122 cm³/mol. The second-order valence-corrected chi connectivity index (χ2v) is 9.52. The number of rotatable bonds is 11. The van der Waals surface area contributed by atoms with Gasteiger partial charge in [0.2, 0.25) is 6.79 Å². The molecule has 1 aromatic carbocycles. The number of fused-ring (bicyclic) bond motifs is 1. The van der Waals surface area contributed by atoms with E-state index in [1.807, 2.05) is 18.2 Å². The van der Waals surface area contributed by atoms with Crippen LogP contribution in [0, 0.1) is 0 Å². The van der Waals surface area contributed by atoms with Crippen molar-refractivity contribution in [3.63, 3.8) is 0 Å². The highest BCUT2D eigenvalue weighted by molar-refractivity contribution is 9.10. The Kier molecular flexibility index (Phi) is 8.64. The molecule has 0 fully saturated rings. The fraction of sp³-hybridized carbons (Fsp3) is 0.316. The van der Waals surface area contributed by atoms with Gasteiger partial charge in [-0.2, -0.15) is 4.99 Å². The van der Waals surface area contributed by atoms with Gasteiger partial charge in [0, 0.05) is 11.0 Å². The van der Waals surface area contributed by atoms with Crippen LogP contribution in [0.15, 0.2) is 46.6 Å². The first-order valence-electron chi connectivity index (χ1n) is 9.56. The van der Waals surface area contributed by atoms with E-state index >= 15 is 0 Å². The maximum Gasteiger partial charge on any atom is 0.510 e. The van der Waals surface area contributed by atoms with E-state index < -0.39 is 20.5 Å². The van der Waals surface area contributed by atoms with E-state index in [2.05, 4.69) is 47.3 Å². The van der Waals surface area contributed by atoms with Crippen molar-refractivity contribution in [1.82, 2.24) is 14.9 Å². The third-order valence-corrected chi connectivity index (χ3v) is 6.25. The summed E-state index contributed by atoms with van der Waals surface area (Å²) in [5.41, 5.74) is 7.62. The van der Waals surface area contributed by atoms with E-state index in [9.17, 15) is 9.36 Å². The number of aliphatic imine (C=N–C) groups is 1. The minimum atomic E-state index is -3.78. The number of hydrogen-bond acceptors (Lipinski definition) is 11. The quantitative estimate of drug-likeness (QED) is 0.187. The molecule has 1 aliphatic heterocycles. The Labute approximate surface area is 198 Å². The number of nitrogens with one attached hydrogen (secondary N) is 1. The number of benzene rings is 1. The highest BCUT2D eigenvalue weighted by Crippen LogP contribution is 2.49. The Bertz CT molecular complexity index is 1090. The molecule has 3 rings (SSSR count). The molecule has 33 heavy (non-hydrogen) atoms. The molecular formula is C19H23BrN5O7P. The number of carbonyl (C=O) groups excluding carboxylic acids is 1. The number of methoxy groups -OCH3 is 1. The lowest BCUT2D eigenvalue weighted by Gasteiger charge is -2.19. The van der Waals surface area contributed by atoms with Crippen LogP contribution in [0.2, 0.25) is 0 Å². The number of hydrogen-bond donors (Lipinski definition) is 2. The molecule has 1 unspecified atom stereocenters. The van der Waals surface area contributed by atoms with Gasteiger partial charge in [-0.3, -0.25) is 9.09 Å². The number of aromatic nitrogens is 2. The summed E-state index contributed by atoms with van der Waals surface area (Å²) in [4.78, 5) is 19.6. The molecule has 0 amide bonds. The summed E-state index contributed by atoms with van der Waals surface area (Å²) >= 11 is 3.37. The SMILES string of the molecule is C=C1NC(N)=Nc2c1ncn2CCOCP(=O)(OCOC(=O)OC)OCc1cccc(Br)c1. The van der Waals surface area contributed by atoms with Gasteiger partial charge in [-0.1, -0.05) is 34.6 Å². The van der Waals surface area contributed by atoms with Gasteiger partial charge in [0.1, 0.15) is 12.0 Å². The lowest BCUT2D eigenvalue weighted by atomic mass is 10.2. The maximum atomic E-state index is 13.1. The fourth-order valence-electron chi connectivity index (χ4n) is 2.69. The first kappa shape index (κ1) is 24.9. The number of halogens is 1. The largest absolute Gasteiger partial charge is 0.510 e. The second-order valence-electron chi connectivity index (χ2n) is 6.61. The monoisotopic (exact) mass is 543 g/mol. The minimum Gasteiger partial charge on any atom is -0.438 e. The summed E-state index contributed by atoms with van der Waals surface area (Å²) in [6, 6.07) is 7.28. The molecule has 0 saturated heterocycles. The molecule has 0 bridgehead atoms. The molecule has 0 aliphatic carbocycles. The molecular weight excluding hydrogens is 521 g/mol. The van der Waals surface area contributed by atoms with E-state index in [4.69, 9.17) is 19.5 Å². The molecule has 1 atom stereocenters. The van der Waals surface area contributed by atoms with E-state index in [0.717, 1.165) is 17.1 Å². The molecule has 1 aromatic heterocycles. The van der Waals surface area contributed by atoms with Gasteiger partial charge in [-0.15, -0.1) is 0 Å². The van der Waals surface area contributed by atoms with Crippen molar-refractivity contribution in [1.29, 1.82) is 0 Å². The number of nitrogens with two attached hydrogens (primary N) is 1. The van der Waals surface area contributed by atoms with Gasteiger partial charge in [-0.25, -0.2) is 9.78 Å². The smallest absolute Gasteiger partial charge is 0.438 e. The second kappa shape index (κ2) is 11.4. The van der Waals surface area contributed by atoms with Crippen molar-refractivity contribution in [3.05, 3.63) is 52.9 Å². The zero-order chi connectivity index (χ0) is 23.8. The van der Waals surface area contributed by atoms with Gasteiger partial charge in [0.05, 0.1) is 32.3 Å². The minimum absolute atomic E-state index is 0.00354. The Hall–Kier alpha value is -2.70. The third kappa shape index (κ3) is 7.14. The van der Waals surface area contributed by atoms with Crippen LogP contribution in [-0.4, -0.2) is 48.5 Å². The van der Waals surface area contributed by atoms with Gasteiger partial charge in [0.25, 0.3) is 0 Å². The summed E-state index contributed by atoms with van der Waals surface area (Å²) in [7, 11) is -2.64. The Balaban J connectivity index is 1.57. The van der Waals surface area contributed by atoms with E-state index in [1.165, 1.54) is 0 Å². The van der Waals surface area contributed by atoms with Crippen LogP contribution in [0.1, 0.15) is 11.3 Å². The van der Waals surface area contributed by atoms with Crippen molar-refractivity contribution in [3.8, 4) is 0 Å². The molecule has 1 aliphatic rings. The van der Waals surface area contributed by atoms with Crippen LogP contribution >= 0.6 is 23.5 Å². The lowest BCUT2D eigenvalue weighted by molar-refractivity contribution is 0.00267. The first-order valence-corrected chi connectivity index (χ1v) is 12.1. The Morgan fingerprint density at radius 1 is 1.36 bits per heavy atom. The van der Waals surface area contributed by atoms with Crippen molar-refractivity contribution >= 4 is 47.2 Å². The van der Waals surface area contributed by atoms with Gasteiger partial charge in [0.15, 0.2) is 11.8 Å². The lowest BCUT2D eigenvalue weighted by Crippen LogP contribution is -2.32. The zero-order valence-corrected chi connectivity index (χ0v) is 20.2. The predicted octanol–water partition coefficient (Wildman–Crippen LogP) is 3.31. The van der Waals surface area contributed by atoms with E-state index in [-0.39, 0.29) is 25.5 Å². The van der Waals surface area contributed by atoms with Crippen molar-refractivity contribution in [2.75, 3.05) is 26.9 Å². The topological polar surface area (TPSA) is 149 Å². The maximum absolute atomic E-state index is 13.1. The fourth-order valence-corrected chi connectivity index (χ4v) is 4.27. The summed E-state index contributed by atoms with van der Waals surface area (Å²) in [6.45, 7) is 3.71. The van der Waals surface area contributed by atoms with Crippen LogP contribution in [0.4, 0.5) is 10.6 Å². The van der Waals surface area contributed by atoms with Crippen LogP contribution < -0.4 is 11.1 Å². The van der Waals surface area contributed by atoms with Gasteiger partial charge >= 0.3 is 13.8 Å². The summed E-state index contributed by atoms with van der Waals surface area (Å²) in [5, 5.41) is 2.81. The summed E-state index contributed by atoms with van der Waals surface area (Å²) < 4.78 is 41.0. The number of nitrogens with zero attached hydrogens (tertiary/aromatic N) is 3. The molecule has 0 saturated carbocycles. The third-order valence-electron chi connectivity index (χ3n) is 4.24. The van der Waals surface area contributed by atoms with Crippen molar-refractivity contribution < 1.29 is 32.6 Å². The molecule has 2 aromatic rings. The number of guanidine groups is 1. The highest BCUT2D eigenvalue weighted by atomic mass is 79.9. The summed E-state index contributed by atoms with van der Waals surface area (Å²) in [5.74, 6) is 0.747. The zero-order valence-electron chi connectivity index (χ0n) is 17.7. The van der Waals surface area contributed by atoms with Crippen molar-refractivity contribution in [2.24, 2.45) is 10.7 Å². The van der Waals surface area contributed by atoms with Crippen LogP contribution in [-0.2, 0) is 41.0 Å². The average molecular weight is 544 g/mol. The Morgan fingerprint density at radius 2 is 2.18 bits per heavy atom. The van der Waals surface area contributed by atoms with E-state index in [0.29, 0.717) is 23.8 Å². The molecule has 14 heteroatoms. The highest BCUT2D eigenvalue weighted by Gasteiger charge is 2.27.